The Balaban J connectivity index is 2.08. The molecule has 0 atom stereocenters. The summed E-state index contributed by atoms with van der Waals surface area (Å²) in [4.78, 5) is 11.7. The highest BCUT2D eigenvalue weighted by Crippen LogP contribution is 2.26. The molecule has 2 N–H and O–H groups in total. The molecule has 0 aliphatic heterocycles. The van der Waals surface area contributed by atoms with Gasteiger partial charge in [-0.3, -0.25) is 0 Å². The molecule has 0 amide bonds. The van der Waals surface area contributed by atoms with Gasteiger partial charge < -0.3 is 15.0 Å². The summed E-state index contributed by atoms with van der Waals surface area (Å²) in [5.74, 6) is -0.349. The Hall–Kier alpha value is -3.26. The van der Waals surface area contributed by atoms with Crippen LogP contribution in [0.5, 0.6) is 0 Å². The van der Waals surface area contributed by atoms with Crippen molar-refractivity contribution in [2.24, 2.45) is 0 Å². The molecule has 2 aromatic carbocycles. The lowest BCUT2D eigenvalue weighted by Gasteiger charge is -2.07. The van der Waals surface area contributed by atoms with Gasteiger partial charge in [0.1, 0.15) is 6.07 Å². The molecule has 1 heterocycles. The highest BCUT2D eigenvalue weighted by Gasteiger charge is 2.11. The number of nitrogens with zero attached hydrogens (tertiary/aromatic N) is 2. The third-order valence-electron chi connectivity index (χ3n) is 3.61. The van der Waals surface area contributed by atoms with Crippen molar-refractivity contribution >= 4 is 22.6 Å². The van der Waals surface area contributed by atoms with E-state index >= 15 is 0 Å². The van der Waals surface area contributed by atoms with Gasteiger partial charge in [0.25, 0.3) is 0 Å². The minimum atomic E-state index is -0.349. The maximum absolute atomic E-state index is 11.7. The maximum Gasteiger partial charge on any atom is 0.338 e. The Labute approximate surface area is 133 Å². The van der Waals surface area contributed by atoms with Crippen molar-refractivity contribution in [2.75, 3.05) is 12.3 Å². The number of ether oxygens (including phenoxy) is 1. The van der Waals surface area contributed by atoms with E-state index in [-0.39, 0.29) is 5.97 Å². The zero-order valence-corrected chi connectivity index (χ0v) is 12.6. The van der Waals surface area contributed by atoms with Crippen LogP contribution in [0, 0.1) is 11.3 Å². The van der Waals surface area contributed by atoms with Gasteiger partial charge in [-0.15, -0.1) is 0 Å². The summed E-state index contributed by atoms with van der Waals surface area (Å²) in [6, 6.07) is 14.7. The number of aromatic nitrogens is 1. The number of esters is 1. The van der Waals surface area contributed by atoms with Crippen molar-refractivity contribution in [1.82, 2.24) is 4.57 Å². The summed E-state index contributed by atoms with van der Waals surface area (Å²) in [7, 11) is 0. The number of hydrogen-bond donors (Lipinski definition) is 1. The van der Waals surface area contributed by atoms with Crippen molar-refractivity contribution in [2.45, 2.75) is 6.92 Å². The predicted molar refractivity (Wildman–Crippen MR) is 88.4 cm³/mol. The number of carbonyl (C=O) groups excluding carboxylic acids is 1. The van der Waals surface area contributed by atoms with Gasteiger partial charge in [-0.1, -0.05) is 0 Å². The van der Waals surface area contributed by atoms with Crippen molar-refractivity contribution in [3.63, 3.8) is 0 Å². The van der Waals surface area contributed by atoms with Gasteiger partial charge in [-0.2, -0.15) is 5.26 Å². The molecule has 5 heteroatoms. The molecule has 3 rings (SSSR count). The molecule has 0 saturated carbocycles. The van der Waals surface area contributed by atoms with Crippen LogP contribution >= 0.6 is 0 Å². The number of benzene rings is 2. The zero-order chi connectivity index (χ0) is 16.4. The van der Waals surface area contributed by atoms with Crippen LogP contribution in [0.15, 0.2) is 48.7 Å². The van der Waals surface area contributed by atoms with Crippen LogP contribution in [-0.4, -0.2) is 17.1 Å². The number of nitrogens with two attached hydrogens (primary N) is 1. The van der Waals surface area contributed by atoms with Gasteiger partial charge in [0.2, 0.25) is 0 Å². The minimum Gasteiger partial charge on any atom is -0.462 e. The first-order valence-electron chi connectivity index (χ1n) is 7.22. The van der Waals surface area contributed by atoms with E-state index in [1.54, 1.807) is 31.3 Å². The van der Waals surface area contributed by atoms with Gasteiger partial charge in [0.05, 0.1) is 23.3 Å². The third kappa shape index (κ3) is 2.62. The van der Waals surface area contributed by atoms with E-state index in [0.717, 1.165) is 16.6 Å². The standard InChI is InChI=1S/C18H15N3O2/c1-2-23-18(22)12-3-6-15(7-4-12)21-11-13(10-19)16-8-5-14(20)9-17(16)21/h3-9,11H,2,20H2,1H3. The van der Waals surface area contributed by atoms with Crippen LogP contribution in [0.2, 0.25) is 0 Å². The molecule has 5 nitrogen and oxygen atoms in total. The van der Waals surface area contributed by atoms with E-state index in [1.165, 1.54) is 0 Å². The lowest BCUT2D eigenvalue weighted by molar-refractivity contribution is 0.0526. The van der Waals surface area contributed by atoms with Crippen LogP contribution in [0.4, 0.5) is 5.69 Å². The summed E-state index contributed by atoms with van der Waals surface area (Å²) >= 11 is 0. The van der Waals surface area contributed by atoms with Crippen molar-refractivity contribution < 1.29 is 9.53 Å². The van der Waals surface area contributed by atoms with Crippen molar-refractivity contribution in [3.05, 3.63) is 59.8 Å². The van der Waals surface area contributed by atoms with Crippen molar-refractivity contribution in [3.8, 4) is 11.8 Å². The second-order valence-electron chi connectivity index (χ2n) is 5.07. The van der Waals surface area contributed by atoms with Crippen molar-refractivity contribution in [1.29, 1.82) is 5.26 Å². The quantitative estimate of drug-likeness (QED) is 0.595. The Bertz CT molecular complexity index is 918. The molecule has 0 radical (unpaired) electrons. The molecule has 114 valence electrons. The first-order chi connectivity index (χ1) is 11.1. The van der Waals surface area contributed by atoms with Crippen LogP contribution in [0.3, 0.4) is 0 Å². The van der Waals surface area contributed by atoms with Crippen LogP contribution in [-0.2, 0) is 4.74 Å². The SMILES string of the molecule is CCOC(=O)c1ccc(-n2cc(C#N)c3ccc(N)cc32)cc1. The number of anilines is 1. The molecule has 3 aromatic rings. The molecule has 0 saturated heterocycles. The van der Waals surface area contributed by atoms with Crippen LogP contribution in [0.25, 0.3) is 16.6 Å². The fourth-order valence-electron chi connectivity index (χ4n) is 2.52. The first-order valence-corrected chi connectivity index (χ1v) is 7.22. The van der Waals surface area contributed by atoms with Gasteiger partial charge in [-0.05, 0) is 49.4 Å². The van der Waals surface area contributed by atoms with E-state index in [4.69, 9.17) is 10.5 Å². The number of nitriles is 1. The molecular formula is C18H15N3O2. The molecule has 0 fully saturated rings. The molecule has 1 aromatic heterocycles. The molecular weight excluding hydrogens is 290 g/mol. The Morgan fingerprint density at radius 3 is 2.65 bits per heavy atom. The highest BCUT2D eigenvalue weighted by atomic mass is 16.5. The Kier molecular flexibility index (Phi) is 3.73. The second kappa shape index (κ2) is 5.85. The molecule has 0 spiro atoms. The third-order valence-corrected chi connectivity index (χ3v) is 3.61. The number of fused-ring (bicyclic) bond motifs is 1. The molecule has 0 bridgehead atoms. The normalized spacial score (nSPS) is 10.4. The summed E-state index contributed by atoms with van der Waals surface area (Å²) < 4.78 is 6.86. The summed E-state index contributed by atoms with van der Waals surface area (Å²) in [5.41, 5.74) is 9.26. The summed E-state index contributed by atoms with van der Waals surface area (Å²) in [5, 5.41) is 10.1. The minimum absolute atomic E-state index is 0.341. The highest BCUT2D eigenvalue weighted by molar-refractivity contribution is 5.91. The molecule has 0 aliphatic rings. The van der Waals surface area contributed by atoms with E-state index in [1.807, 2.05) is 28.8 Å². The topological polar surface area (TPSA) is 81.0 Å². The summed E-state index contributed by atoms with van der Waals surface area (Å²) in [6.07, 6.45) is 1.77. The lowest BCUT2D eigenvalue weighted by Crippen LogP contribution is -2.04. The number of rotatable bonds is 3. The fraction of sp³-hybridized carbons (Fsp3) is 0.111. The number of nitrogen functional groups attached to an aromatic ring is 1. The smallest absolute Gasteiger partial charge is 0.338 e. The average molecular weight is 305 g/mol. The van der Waals surface area contributed by atoms with E-state index in [0.29, 0.717) is 23.4 Å². The van der Waals surface area contributed by atoms with E-state index in [9.17, 15) is 10.1 Å². The first kappa shape index (κ1) is 14.7. The number of hydrogen-bond acceptors (Lipinski definition) is 4. The van der Waals surface area contributed by atoms with Crippen LogP contribution < -0.4 is 5.73 Å². The monoisotopic (exact) mass is 305 g/mol. The van der Waals surface area contributed by atoms with Gasteiger partial charge in [0.15, 0.2) is 0 Å². The average Bonchev–Trinajstić information content (AvgIpc) is 2.93. The molecule has 0 unspecified atom stereocenters. The fourth-order valence-corrected chi connectivity index (χ4v) is 2.52. The van der Waals surface area contributed by atoms with Gasteiger partial charge in [0, 0.05) is 23.0 Å². The van der Waals surface area contributed by atoms with E-state index in [2.05, 4.69) is 6.07 Å². The van der Waals surface area contributed by atoms with Gasteiger partial charge >= 0.3 is 5.97 Å². The zero-order valence-electron chi connectivity index (χ0n) is 12.6. The van der Waals surface area contributed by atoms with Crippen LogP contribution in [0.1, 0.15) is 22.8 Å². The largest absolute Gasteiger partial charge is 0.462 e. The summed E-state index contributed by atoms with van der Waals surface area (Å²) in [6.45, 7) is 2.11. The van der Waals surface area contributed by atoms with E-state index < -0.39 is 0 Å². The second-order valence-corrected chi connectivity index (χ2v) is 5.07. The Morgan fingerprint density at radius 2 is 2.00 bits per heavy atom. The lowest BCUT2D eigenvalue weighted by atomic mass is 10.2. The maximum atomic E-state index is 11.7. The Morgan fingerprint density at radius 1 is 1.26 bits per heavy atom. The van der Waals surface area contributed by atoms with Gasteiger partial charge in [-0.25, -0.2) is 4.79 Å². The number of carbonyl (C=O) groups is 1. The molecule has 23 heavy (non-hydrogen) atoms. The molecule has 0 aliphatic carbocycles. The predicted octanol–water partition coefficient (Wildman–Crippen LogP) is 3.26.